The molecule has 1 saturated carbocycles. The predicted molar refractivity (Wildman–Crippen MR) is 50.6 cm³/mol. The minimum atomic E-state index is -0.483. The van der Waals surface area contributed by atoms with Crippen LogP contribution in [0.25, 0.3) is 0 Å². The van der Waals surface area contributed by atoms with E-state index in [1.54, 1.807) is 0 Å². The molecular weight excluding hydrogens is 180 g/mol. The lowest BCUT2D eigenvalue weighted by Crippen LogP contribution is -2.15. The van der Waals surface area contributed by atoms with Gasteiger partial charge in [0.1, 0.15) is 0 Å². The molecule has 0 saturated heterocycles. The summed E-state index contributed by atoms with van der Waals surface area (Å²) in [6, 6.07) is 0. The largest absolute Gasteiger partial charge is 0.364 e. The Kier molecular flexibility index (Phi) is 2.23. The van der Waals surface area contributed by atoms with Crippen molar-refractivity contribution in [1.29, 1.82) is 0 Å². The van der Waals surface area contributed by atoms with Crippen LogP contribution in [0.3, 0.4) is 0 Å². The van der Waals surface area contributed by atoms with Crippen molar-refractivity contribution in [2.75, 3.05) is 0 Å². The van der Waals surface area contributed by atoms with E-state index in [2.05, 4.69) is 10.3 Å². The molecule has 1 amide bonds. The minimum Gasteiger partial charge on any atom is -0.364 e. The van der Waals surface area contributed by atoms with Gasteiger partial charge in [-0.25, -0.2) is 4.68 Å². The SMILES string of the molecule is CCc1c(C(N)=O)nnn1CC1CC1. The van der Waals surface area contributed by atoms with Gasteiger partial charge >= 0.3 is 0 Å². The maximum Gasteiger partial charge on any atom is 0.271 e. The molecule has 5 heteroatoms. The first-order chi connectivity index (χ1) is 6.72. The lowest BCUT2D eigenvalue weighted by atomic mass is 10.2. The number of carbonyl (C=O) groups excluding carboxylic acids is 1. The van der Waals surface area contributed by atoms with E-state index in [0.717, 1.165) is 24.6 Å². The van der Waals surface area contributed by atoms with E-state index in [0.29, 0.717) is 5.69 Å². The second-order valence-electron chi connectivity index (χ2n) is 3.73. The number of carbonyl (C=O) groups is 1. The number of aromatic nitrogens is 3. The lowest BCUT2D eigenvalue weighted by Gasteiger charge is -2.02. The first kappa shape index (κ1) is 9.18. The number of rotatable bonds is 4. The highest BCUT2D eigenvalue weighted by Gasteiger charge is 2.25. The third-order valence-corrected chi connectivity index (χ3v) is 2.53. The summed E-state index contributed by atoms with van der Waals surface area (Å²) in [6.45, 7) is 2.86. The van der Waals surface area contributed by atoms with E-state index in [1.807, 2.05) is 11.6 Å². The topological polar surface area (TPSA) is 73.8 Å². The van der Waals surface area contributed by atoms with Crippen LogP contribution >= 0.6 is 0 Å². The normalized spacial score (nSPS) is 15.8. The summed E-state index contributed by atoms with van der Waals surface area (Å²) in [7, 11) is 0. The van der Waals surface area contributed by atoms with Gasteiger partial charge < -0.3 is 5.73 Å². The summed E-state index contributed by atoms with van der Waals surface area (Å²) in [4.78, 5) is 11.0. The summed E-state index contributed by atoms with van der Waals surface area (Å²) < 4.78 is 1.82. The molecule has 0 bridgehead atoms. The van der Waals surface area contributed by atoms with Gasteiger partial charge in [-0.05, 0) is 25.2 Å². The van der Waals surface area contributed by atoms with Crippen molar-refractivity contribution in [2.24, 2.45) is 11.7 Å². The number of nitrogens with two attached hydrogens (primary N) is 1. The molecule has 1 aliphatic rings. The van der Waals surface area contributed by atoms with Crippen molar-refractivity contribution in [3.8, 4) is 0 Å². The van der Waals surface area contributed by atoms with E-state index >= 15 is 0 Å². The van der Waals surface area contributed by atoms with Crippen LogP contribution in [0, 0.1) is 5.92 Å². The molecule has 76 valence electrons. The summed E-state index contributed by atoms with van der Waals surface area (Å²) in [5, 5.41) is 7.76. The van der Waals surface area contributed by atoms with Gasteiger partial charge in [-0.15, -0.1) is 5.10 Å². The Bertz CT molecular complexity index is 354. The molecule has 0 unspecified atom stereocenters. The number of hydrogen-bond acceptors (Lipinski definition) is 3. The Morgan fingerprint density at radius 1 is 1.64 bits per heavy atom. The van der Waals surface area contributed by atoms with E-state index in [4.69, 9.17) is 5.73 Å². The Balaban J connectivity index is 2.25. The van der Waals surface area contributed by atoms with Crippen molar-refractivity contribution in [3.05, 3.63) is 11.4 Å². The fraction of sp³-hybridized carbons (Fsp3) is 0.667. The molecule has 5 nitrogen and oxygen atoms in total. The molecule has 0 aliphatic heterocycles. The maximum absolute atomic E-state index is 11.0. The zero-order chi connectivity index (χ0) is 10.1. The third-order valence-electron chi connectivity index (χ3n) is 2.53. The maximum atomic E-state index is 11.0. The van der Waals surface area contributed by atoms with Crippen LogP contribution in [-0.2, 0) is 13.0 Å². The first-order valence-electron chi connectivity index (χ1n) is 4.94. The van der Waals surface area contributed by atoms with Gasteiger partial charge in [0.05, 0.1) is 5.69 Å². The molecule has 1 fully saturated rings. The number of amides is 1. The minimum absolute atomic E-state index is 0.327. The van der Waals surface area contributed by atoms with E-state index < -0.39 is 5.91 Å². The van der Waals surface area contributed by atoms with Gasteiger partial charge in [-0.2, -0.15) is 0 Å². The molecule has 1 aliphatic carbocycles. The van der Waals surface area contributed by atoms with Crippen LogP contribution in [0.1, 0.15) is 35.9 Å². The molecule has 14 heavy (non-hydrogen) atoms. The summed E-state index contributed by atoms with van der Waals surface area (Å²) >= 11 is 0. The molecule has 0 spiro atoms. The molecule has 2 N–H and O–H groups in total. The Morgan fingerprint density at radius 3 is 2.86 bits per heavy atom. The molecule has 0 aromatic carbocycles. The average Bonchev–Trinajstić information content (AvgIpc) is 2.83. The number of hydrogen-bond donors (Lipinski definition) is 1. The van der Waals surface area contributed by atoms with E-state index in [9.17, 15) is 4.79 Å². The monoisotopic (exact) mass is 194 g/mol. The highest BCUT2D eigenvalue weighted by atomic mass is 16.1. The zero-order valence-electron chi connectivity index (χ0n) is 8.23. The van der Waals surface area contributed by atoms with Gasteiger partial charge in [-0.1, -0.05) is 12.1 Å². The highest BCUT2D eigenvalue weighted by Crippen LogP contribution is 2.30. The predicted octanol–water partition coefficient (Wildman–Crippen LogP) is 0.349. The summed E-state index contributed by atoms with van der Waals surface area (Å²) in [5.74, 6) is 0.242. The second-order valence-corrected chi connectivity index (χ2v) is 3.73. The Morgan fingerprint density at radius 2 is 2.36 bits per heavy atom. The molecule has 1 aromatic heterocycles. The standard InChI is InChI=1S/C9H14N4O/c1-2-7-8(9(10)14)11-12-13(7)5-6-3-4-6/h6H,2-5H2,1H3,(H2,10,14). The Hall–Kier alpha value is -1.39. The van der Waals surface area contributed by atoms with Crippen molar-refractivity contribution in [1.82, 2.24) is 15.0 Å². The Labute approximate surface area is 82.3 Å². The van der Waals surface area contributed by atoms with Crippen LogP contribution in [-0.4, -0.2) is 20.9 Å². The molecule has 0 atom stereocenters. The van der Waals surface area contributed by atoms with Crippen molar-refractivity contribution in [3.63, 3.8) is 0 Å². The molecule has 1 heterocycles. The fourth-order valence-corrected chi connectivity index (χ4v) is 1.57. The quantitative estimate of drug-likeness (QED) is 0.751. The smallest absolute Gasteiger partial charge is 0.271 e. The van der Waals surface area contributed by atoms with Gasteiger partial charge in [-0.3, -0.25) is 4.79 Å². The van der Waals surface area contributed by atoms with Gasteiger partial charge in [0.25, 0.3) is 5.91 Å². The fourth-order valence-electron chi connectivity index (χ4n) is 1.57. The molecule has 2 rings (SSSR count). The first-order valence-corrected chi connectivity index (χ1v) is 4.94. The average molecular weight is 194 g/mol. The molecular formula is C9H14N4O. The van der Waals surface area contributed by atoms with Crippen molar-refractivity contribution < 1.29 is 4.79 Å². The number of primary amides is 1. The van der Waals surface area contributed by atoms with E-state index in [-0.39, 0.29) is 0 Å². The second kappa shape index (κ2) is 3.40. The van der Waals surface area contributed by atoms with Crippen LogP contribution in [0.5, 0.6) is 0 Å². The van der Waals surface area contributed by atoms with Gasteiger partial charge in [0.15, 0.2) is 5.69 Å². The highest BCUT2D eigenvalue weighted by molar-refractivity contribution is 5.91. The third kappa shape index (κ3) is 1.62. The summed E-state index contributed by atoms with van der Waals surface area (Å²) in [5.41, 5.74) is 6.39. The van der Waals surface area contributed by atoms with Crippen molar-refractivity contribution in [2.45, 2.75) is 32.7 Å². The lowest BCUT2D eigenvalue weighted by molar-refractivity contribution is 0.0994. The van der Waals surface area contributed by atoms with Crippen molar-refractivity contribution >= 4 is 5.91 Å². The van der Waals surface area contributed by atoms with E-state index in [1.165, 1.54) is 12.8 Å². The van der Waals surface area contributed by atoms with Crippen LogP contribution in [0.2, 0.25) is 0 Å². The number of nitrogens with zero attached hydrogens (tertiary/aromatic N) is 3. The molecule has 0 radical (unpaired) electrons. The van der Waals surface area contributed by atoms with Crippen LogP contribution in [0.4, 0.5) is 0 Å². The summed E-state index contributed by atoms with van der Waals surface area (Å²) in [6.07, 6.45) is 3.27. The van der Waals surface area contributed by atoms with Gasteiger partial charge in [0.2, 0.25) is 0 Å². The molecule has 1 aromatic rings. The van der Waals surface area contributed by atoms with Crippen LogP contribution in [0.15, 0.2) is 0 Å². The van der Waals surface area contributed by atoms with Crippen LogP contribution < -0.4 is 5.73 Å². The zero-order valence-corrected chi connectivity index (χ0v) is 8.23. The van der Waals surface area contributed by atoms with Gasteiger partial charge in [0, 0.05) is 6.54 Å².